The number of benzene rings is 1. The van der Waals surface area contributed by atoms with Crippen LogP contribution in [0.4, 0.5) is 4.39 Å². The van der Waals surface area contributed by atoms with E-state index >= 15 is 0 Å². The first-order chi connectivity index (χ1) is 8.70. The summed E-state index contributed by atoms with van der Waals surface area (Å²) in [6, 6.07) is 6.41. The van der Waals surface area contributed by atoms with Gasteiger partial charge >= 0.3 is 0 Å². The zero-order valence-electron chi connectivity index (χ0n) is 10.7. The summed E-state index contributed by atoms with van der Waals surface area (Å²) in [5, 5.41) is 9.99. The van der Waals surface area contributed by atoms with Gasteiger partial charge in [0.2, 0.25) is 0 Å². The molecule has 0 spiro atoms. The van der Waals surface area contributed by atoms with Crippen molar-refractivity contribution in [3.8, 4) is 0 Å². The highest BCUT2D eigenvalue weighted by molar-refractivity contribution is 5.19. The van der Waals surface area contributed by atoms with E-state index < -0.39 is 6.10 Å². The topological polar surface area (TPSA) is 32.7 Å². The summed E-state index contributed by atoms with van der Waals surface area (Å²) < 4.78 is 18.8. The van der Waals surface area contributed by atoms with E-state index in [1.54, 1.807) is 25.3 Å². The summed E-state index contributed by atoms with van der Waals surface area (Å²) in [6.45, 7) is 2.67. The Labute approximate surface area is 107 Å². The number of hydrogen-bond acceptors (Lipinski definition) is 3. The van der Waals surface area contributed by atoms with Crippen molar-refractivity contribution >= 4 is 0 Å². The molecule has 0 bridgehead atoms. The number of ether oxygens (including phenoxy) is 1. The maximum atomic E-state index is 13.5. The van der Waals surface area contributed by atoms with Gasteiger partial charge in [-0.15, -0.1) is 0 Å². The second-order valence-corrected chi connectivity index (χ2v) is 4.77. The molecule has 1 fully saturated rings. The summed E-state index contributed by atoms with van der Waals surface area (Å²) in [5.74, 6) is -0.332. The van der Waals surface area contributed by atoms with Crippen LogP contribution < -0.4 is 0 Å². The number of nitrogens with zero attached hydrogens (tertiary/aromatic N) is 1. The molecular weight excluding hydrogens is 233 g/mol. The van der Waals surface area contributed by atoms with Crippen LogP contribution in [0.1, 0.15) is 24.5 Å². The maximum absolute atomic E-state index is 13.5. The molecule has 18 heavy (non-hydrogen) atoms. The van der Waals surface area contributed by atoms with Crippen LogP contribution in [0.3, 0.4) is 0 Å². The van der Waals surface area contributed by atoms with Gasteiger partial charge < -0.3 is 14.7 Å². The summed E-state index contributed by atoms with van der Waals surface area (Å²) in [4.78, 5) is 2.25. The average molecular weight is 253 g/mol. The van der Waals surface area contributed by atoms with Gasteiger partial charge in [0.15, 0.2) is 0 Å². The lowest BCUT2D eigenvalue weighted by atomic mass is 10.1. The van der Waals surface area contributed by atoms with E-state index in [9.17, 15) is 9.50 Å². The first kappa shape index (κ1) is 13.5. The monoisotopic (exact) mass is 253 g/mol. The van der Waals surface area contributed by atoms with Crippen molar-refractivity contribution in [2.75, 3.05) is 26.7 Å². The number of methoxy groups -OCH3 is 1. The number of likely N-dealkylation sites (tertiary alicyclic amines) is 1. The van der Waals surface area contributed by atoms with E-state index in [0.717, 1.165) is 26.1 Å². The smallest absolute Gasteiger partial charge is 0.128 e. The van der Waals surface area contributed by atoms with E-state index in [1.807, 2.05) is 0 Å². The molecule has 1 saturated heterocycles. The van der Waals surface area contributed by atoms with Crippen molar-refractivity contribution in [1.29, 1.82) is 0 Å². The minimum Gasteiger partial charge on any atom is -0.388 e. The van der Waals surface area contributed by atoms with E-state index in [-0.39, 0.29) is 5.82 Å². The van der Waals surface area contributed by atoms with Crippen LogP contribution in [-0.4, -0.2) is 42.9 Å². The average Bonchev–Trinajstić information content (AvgIpc) is 2.84. The van der Waals surface area contributed by atoms with E-state index in [4.69, 9.17) is 4.74 Å². The number of hydrogen-bond donors (Lipinski definition) is 1. The third-order valence-electron chi connectivity index (χ3n) is 3.55. The maximum Gasteiger partial charge on any atom is 0.128 e. The second kappa shape index (κ2) is 6.27. The van der Waals surface area contributed by atoms with Gasteiger partial charge in [-0.2, -0.15) is 0 Å². The zero-order valence-corrected chi connectivity index (χ0v) is 10.7. The van der Waals surface area contributed by atoms with E-state index in [1.165, 1.54) is 6.07 Å². The minimum absolute atomic E-state index is 0.301. The zero-order chi connectivity index (χ0) is 13.0. The molecule has 1 aromatic carbocycles. The van der Waals surface area contributed by atoms with Gasteiger partial charge in [-0.1, -0.05) is 18.2 Å². The van der Waals surface area contributed by atoms with Gasteiger partial charge in [0.1, 0.15) is 5.82 Å². The Kier molecular flexibility index (Phi) is 4.69. The third kappa shape index (κ3) is 3.28. The summed E-state index contributed by atoms with van der Waals surface area (Å²) in [6.07, 6.45) is 1.16. The highest BCUT2D eigenvalue weighted by atomic mass is 19.1. The van der Waals surface area contributed by atoms with Crippen LogP contribution in [0.15, 0.2) is 24.3 Å². The molecule has 1 heterocycles. The second-order valence-electron chi connectivity index (χ2n) is 4.77. The molecule has 0 aromatic heterocycles. The molecule has 2 unspecified atom stereocenters. The lowest BCUT2D eigenvalue weighted by Crippen LogP contribution is -2.25. The molecular formula is C14H20FNO2. The van der Waals surface area contributed by atoms with Gasteiger partial charge in [0.25, 0.3) is 0 Å². The predicted octanol–water partition coefficient (Wildman–Crippen LogP) is 1.97. The van der Waals surface area contributed by atoms with Crippen LogP contribution in [-0.2, 0) is 4.74 Å². The van der Waals surface area contributed by atoms with Crippen molar-refractivity contribution < 1.29 is 14.2 Å². The Morgan fingerprint density at radius 2 is 2.28 bits per heavy atom. The normalized spacial score (nSPS) is 22.3. The number of halogens is 1. The van der Waals surface area contributed by atoms with Crippen molar-refractivity contribution in [3.05, 3.63) is 35.6 Å². The molecule has 4 heteroatoms. The number of rotatable bonds is 5. The van der Waals surface area contributed by atoms with Crippen molar-refractivity contribution in [2.45, 2.75) is 25.0 Å². The molecule has 1 aromatic rings. The summed E-state index contributed by atoms with van der Waals surface area (Å²) in [7, 11) is 1.72. The fourth-order valence-electron chi connectivity index (χ4n) is 2.40. The molecule has 1 N–H and O–H groups in total. The van der Waals surface area contributed by atoms with Crippen LogP contribution >= 0.6 is 0 Å². The Morgan fingerprint density at radius 1 is 1.50 bits per heavy atom. The Hall–Kier alpha value is -0.970. The van der Waals surface area contributed by atoms with Crippen LogP contribution in [0, 0.1) is 5.82 Å². The molecule has 1 aliphatic rings. The first-order valence-corrected chi connectivity index (χ1v) is 6.38. The number of aliphatic hydroxyl groups excluding tert-OH is 1. The Bertz CT molecular complexity index is 386. The lowest BCUT2D eigenvalue weighted by molar-refractivity contribution is 0.102. The van der Waals surface area contributed by atoms with E-state index in [0.29, 0.717) is 18.1 Å². The minimum atomic E-state index is -0.729. The van der Waals surface area contributed by atoms with Gasteiger partial charge in [-0.05, 0) is 18.9 Å². The molecule has 0 radical (unpaired) electrons. The molecule has 100 valence electrons. The summed E-state index contributed by atoms with van der Waals surface area (Å²) >= 11 is 0. The first-order valence-electron chi connectivity index (χ1n) is 6.38. The van der Waals surface area contributed by atoms with Gasteiger partial charge in [0.05, 0.1) is 12.2 Å². The molecule has 2 atom stereocenters. The molecule has 3 nitrogen and oxygen atoms in total. The standard InChI is InChI=1S/C14H20FNO2/c1-18-11-6-8-16(10-11)9-7-14(17)12-4-2-3-5-13(12)15/h2-5,11,14,17H,6-10H2,1H3. The highest BCUT2D eigenvalue weighted by Gasteiger charge is 2.22. The van der Waals surface area contributed by atoms with Crippen molar-refractivity contribution in [2.24, 2.45) is 0 Å². The lowest BCUT2D eigenvalue weighted by Gasteiger charge is -2.18. The number of aliphatic hydroxyl groups is 1. The highest BCUT2D eigenvalue weighted by Crippen LogP contribution is 2.21. The van der Waals surface area contributed by atoms with Gasteiger partial charge in [-0.25, -0.2) is 4.39 Å². The molecule has 0 amide bonds. The predicted molar refractivity (Wildman–Crippen MR) is 67.8 cm³/mol. The molecule has 2 rings (SSSR count). The van der Waals surface area contributed by atoms with Crippen LogP contribution in [0.2, 0.25) is 0 Å². The van der Waals surface area contributed by atoms with Gasteiger partial charge in [-0.3, -0.25) is 0 Å². The third-order valence-corrected chi connectivity index (χ3v) is 3.55. The molecule has 0 saturated carbocycles. The Balaban J connectivity index is 1.82. The van der Waals surface area contributed by atoms with E-state index in [2.05, 4.69) is 4.90 Å². The molecule has 0 aliphatic carbocycles. The quantitative estimate of drug-likeness (QED) is 0.871. The fraction of sp³-hybridized carbons (Fsp3) is 0.571. The van der Waals surface area contributed by atoms with Crippen molar-refractivity contribution in [3.63, 3.8) is 0 Å². The van der Waals surface area contributed by atoms with Gasteiger partial charge in [0, 0.05) is 32.3 Å². The SMILES string of the molecule is COC1CCN(CCC(O)c2ccccc2F)C1. The Morgan fingerprint density at radius 3 is 2.94 bits per heavy atom. The van der Waals surface area contributed by atoms with Crippen molar-refractivity contribution in [1.82, 2.24) is 4.90 Å². The van der Waals surface area contributed by atoms with Crippen LogP contribution in [0.5, 0.6) is 0 Å². The largest absolute Gasteiger partial charge is 0.388 e. The summed E-state index contributed by atoms with van der Waals surface area (Å²) in [5.41, 5.74) is 0.389. The fourth-order valence-corrected chi connectivity index (χ4v) is 2.40. The molecule has 1 aliphatic heterocycles. The van der Waals surface area contributed by atoms with Crippen LogP contribution in [0.25, 0.3) is 0 Å².